The molecule has 1 spiro atoms. The molecular weight excluding hydrogens is 416 g/mol. The van der Waals surface area contributed by atoms with E-state index < -0.39 is 0 Å². The van der Waals surface area contributed by atoms with Crippen molar-refractivity contribution in [1.82, 2.24) is 15.2 Å². The minimum Gasteiger partial charge on any atom is -0.497 e. The van der Waals surface area contributed by atoms with Crippen LogP contribution in [-0.2, 0) is 4.79 Å². The van der Waals surface area contributed by atoms with Gasteiger partial charge in [0.2, 0.25) is 5.91 Å². The minimum atomic E-state index is -0.233. The third kappa shape index (κ3) is 3.86. The monoisotopic (exact) mass is 446 g/mol. The number of rotatable bonds is 7. The Kier molecular flexibility index (Phi) is 5.58. The number of likely N-dealkylation sites (N-methyl/N-ethyl adjacent to an activating group) is 1. The Balaban J connectivity index is 1.50. The lowest BCUT2D eigenvalue weighted by atomic mass is 9.78. The normalized spacial score (nSPS) is 19.9. The summed E-state index contributed by atoms with van der Waals surface area (Å²) < 4.78 is 11.2. The fourth-order valence-corrected chi connectivity index (χ4v) is 5.01. The molecule has 3 heterocycles. The first-order valence-corrected chi connectivity index (χ1v) is 11.4. The van der Waals surface area contributed by atoms with Crippen molar-refractivity contribution in [2.45, 2.75) is 6.42 Å². The van der Waals surface area contributed by atoms with Gasteiger partial charge >= 0.3 is 0 Å². The van der Waals surface area contributed by atoms with Crippen molar-refractivity contribution in [2.24, 2.45) is 5.41 Å². The van der Waals surface area contributed by atoms with Crippen LogP contribution in [0.3, 0.4) is 0 Å². The number of methoxy groups -OCH3 is 1. The van der Waals surface area contributed by atoms with Gasteiger partial charge in [-0.15, -0.1) is 0 Å². The van der Waals surface area contributed by atoms with Crippen LogP contribution in [0.5, 0.6) is 11.5 Å². The number of amides is 1. The van der Waals surface area contributed by atoms with Crippen molar-refractivity contribution >= 4 is 22.5 Å². The van der Waals surface area contributed by atoms with Gasteiger partial charge in [-0.3, -0.25) is 4.79 Å². The molecule has 5 rings (SSSR count). The molecule has 7 heteroatoms. The molecule has 0 saturated carbocycles. The standard InChI is InChI=1S/C26H30N4O3/c1-27-11-13-33-19-6-4-18(5-7-19)22-15-24(21-9-8-20(32-3)14-23(21)28-22)30-12-10-26(17-30)16-29(2)25(26)31/h4-9,14-15,27H,10-13,16-17H2,1-3H3. The number of aromatic nitrogens is 1. The first kappa shape index (κ1) is 21.5. The summed E-state index contributed by atoms with van der Waals surface area (Å²) in [5, 5.41) is 4.15. The van der Waals surface area contributed by atoms with E-state index in [4.69, 9.17) is 14.5 Å². The predicted octanol–water partition coefficient (Wildman–Crippen LogP) is 3.18. The molecule has 2 aliphatic rings. The second kappa shape index (κ2) is 8.56. The Morgan fingerprint density at radius 3 is 2.58 bits per heavy atom. The molecule has 1 N–H and O–H groups in total. The Hall–Kier alpha value is -3.32. The third-order valence-corrected chi connectivity index (χ3v) is 6.80. The van der Waals surface area contributed by atoms with Crippen molar-refractivity contribution in [2.75, 3.05) is 58.9 Å². The van der Waals surface area contributed by atoms with Crippen LogP contribution in [0.4, 0.5) is 5.69 Å². The lowest BCUT2D eigenvalue weighted by molar-refractivity contribution is -0.155. The zero-order chi connectivity index (χ0) is 23.0. The van der Waals surface area contributed by atoms with Crippen LogP contribution in [0.2, 0.25) is 0 Å². The highest BCUT2D eigenvalue weighted by molar-refractivity contribution is 5.96. The fourth-order valence-electron chi connectivity index (χ4n) is 5.01. The highest BCUT2D eigenvalue weighted by Crippen LogP contribution is 2.43. The number of nitrogens with one attached hydrogen (secondary N) is 1. The molecule has 0 aliphatic carbocycles. The number of nitrogens with zero attached hydrogens (tertiary/aromatic N) is 3. The van der Waals surface area contributed by atoms with Crippen molar-refractivity contribution in [3.05, 3.63) is 48.5 Å². The number of fused-ring (bicyclic) bond motifs is 1. The molecular formula is C26H30N4O3. The van der Waals surface area contributed by atoms with E-state index in [0.29, 0.717) is 6.61 Å². The number of ether oxygens (including phenoxy) is 2. The van der Waals surface area contributed by atoms with Crippen LogP contribution in [0, 0.1) is 5.41 Å². The van der Waals surface area contributed by atoms with Crippen LogP contribution in [-0.4, -0.2) is 69.8 Å². The van der Waals surface area contributed by atoms with Crippen LogP contribution >= 0.6 is 0 Å². The number of hydrogen-bond donors (Lipinski definition) is 1. The van der Waals surface area contributed by atoms with E-state index in [9.17, 15) is 4.79 Å². The molecule has 0 bridgehead atoms. The maximum Gasteiger partial charge on any atom is 0.232 e. The highest BCUT2D eigenvalue weighted by Gasteiger charge is 2.54. The van der Waals surface area contributed by atoms with E-state index in [2.05, 4.69) is 22.3 Å². The van der Waals surface area contributed by atoms with Gasteiger partial charge in [-0.2, -0.15) is 0 Å². The molecule has 1 atom stereocenters. The second-order valence-corrected chi connectivity index (χ2v) is 9.00. The van der Waals surface area contributed by atoms with E-state index in [-0.39, 0.29) is 11.3 Å². The lowest BCUT2D eigenvalue weighted by Gasteiger charge is -2.44. The molecule has 3 aromatic rings. The molecule has 2 saturated heterocycles. The van der Waals surface area contributed by atoms with Gasteiger partial charge in [0.1, 0.15) is 18.1 Å². The first-order chi connectivity index (χ1) is 16.0. The molecule has 1 unspecified atom stereocenters. The number of likely N-dealkylation sites (tertiary alicyclic amines) is 1. The summed E-state index contributed by atoms with van der Waals surface area (Å²) in [7, 11) is 5.46. The van der Waals surface area contributed by atoms with Gasteiger partial charge in [-0.1, -0.05) is 0 Å². The summed E-state index contributed by atoms with van der Waals surface area (Å²) in [6, 6.07) is 16.2. The van der Waals surface area contributed by atoms with Crippen molar-refractivity contribution in [3.8, 4) is 22.8 Å². The number of anilines is 1. The minimum absolute atomic E-state index is 0.233. The largest absolute Gasteiger partial charge is 0.497 e. The average molecular weight is 447 g/mol. The third-order valence-electron chi connectivity index (χ3n) is 6.80. The average Bonchev–Trinajstić information content (AvgIpc) is 3.30. The van der Waals surface area contributed by atoms with Gasteiger partial charge in [0.25, 0.3) is 0 Å². The fraction of sp³-hybridized carbons (Fsp3) is 0.385. The van der Waals surface area contributed by atoms with E-state index in [0.717, 1.165) is 71.9 Å². The molecule has 7 nitrogen and oxygen atoms in total. The molecule has 1 amide bonds. The van der Waals surface area contributed by atoms with Gasteiger partial charge in [0.05, 0.1) is 23.7 Å². The van der Waals surface area contributed by atoms with Crippen LogP contribution in [0.1, 0.15) is 6.42 Å². The number of pyridine rings is 1. The van der Waals surface area contributed by atoms with Gasteiger partial charge in [0, 0.05) is 55.9 Å². The Morgan fingerprint density at radius 2 is 1.88 bits per heavy atom. The van der Waals surface area contributed by atoms with Crippen molar-refractivity contribution in [3.63, 3.8) is 0 Å². The molecule has 0 radical (unpaired) electrons. The first-order valence-electron chi connectivity index (χ1n) is 11.4. The zero-order valence-electron chi connectivity index (χ0n) is 19.4. The number of β-lactam (4-membered cyclic amide) rings is 1. The van der Waals surface area contributed by atoms with E-state index in [1.54, 1.807) is 7.11 Å². The molecule has 2 aromatic carbocycles. The van der Waals surface area contributed by atoms with E-state index >= 15 is 0 Å². The second-order valence-electron chi connectivity index (χ2n) is 9.00. The van der Waals surface area contributed by atoms with Crippen LogP contribution < -0.4 is 19.7 Å². The van der Waals surface area contributed by atoms with E-state index in [1.165, 1.54) is 0 Å². The molecule has 2 fully saturated rings. The van der Waals surface area contributed by atoms with Gasteiger partial charge in [-0.05, 0) is 55.9 Å². The summed E-state index contributed by atoms with van der Waals surface area (Å²) in [6.45, 7) is 3.87. The smallest absolute Gasteiger partial charge is 0.232 e. The van der Waals surface area contributed by atoms with Crippen LogP contribution in [0.25, 0.3) is 22.2 Å². The quantitative estimate of drug-likeness (QED) is 0.444. The lowest BCUT2D eigenvalue weighted by Crippen LogP contribution is -2.60. The molecule has 33 heavy (non-hydrogen) atoms. The summed E-state index contributed by atoms with van der Waals surface area (Å²) in [5.74, 6) is 1.88. The van der Waals surface area contributed by atoms with Gasteiger partial charge in [-0.25, -0.2) is 4.98 Å². The molecule has 2 aliphatic heterocycles. The van der Waals surface area contributed by atoms with Crippen molar-refractivity contribution in [1.29, 1.82) is 0 Å². The summed E-state index contributed by atoms with van der Waals surface area (Å²) in [5.41, 5.74) is 3.69. The topological polar surface area (TPSA) is 66.9 Å². The maximum absolute atomic E-state index is 12.6. The number of hydrogen-bond acceptors (Lipinski definition) is 6. The van der Waals surface area contributed by atoms with Crippen LogP contribution in [0.15, 0.2) is 48.5 Å². The molecule has 1 aromatic heterocycles. The Bertz CT molecular complexity index is 1180. The molecule has 172 valence electrons. The Morgan fingerprint density at radius 1 is 1.09 bits per heavy atom. The SMILES string of the molecule is CNCCOc1ccc(-c2cc(N3CCC4(CN(C)C4=O)C3)c3ccc(OC)cc3n2)cc1. The summed E-state index contributed by atoms with van der Waals surface area (Å²) >= 11 is 0. The summed E-state index contributed by atoms with van der Waals surface area (Å²) in [6.07, 6.45) is 0.893. The number of benzene rings is 2. The Labute approximate surface area is 194 Å². The summed E-state index contributed by atoms with van der Waals surface area (Å²) in [4.78, 5) is 21.7. The van der Waals surface area contributed by atoms with E-state index in [1.807, 2.05) is 55.4 Å². The van der Waals surface area contributed by atoms with Gasteiger partial charge in [0.15, 0.2) is 0 Å². The number of carbonyl (C=O) groups excluding carboxylic acids is 1. The number of carbonyl (C=O) groups is 1. The predicted molar refractivity (Wildman–Crippen MR) is 130 cm³/mol. The van der Waals surface area contributed by atoms with Crippen molar-refractivity contribution < 1.29 is 14.3 Å². The van der Waals surface area contributed by atoms with Gasteiger partial charge < -0.3 is 24.6 Å². The maximum atomic E-state index is 12.6. The zero-order valence-corrected chi connectivity index (χ0v) is 19.4. The highest BCUT2D eigenvalue weighted by atomic mass is 16.5.